The van der Waals surface area contributed by atoms with Crippen LogP contribution in [-0.4, -0.2) is 42.2 Å². The summed E-state index contributed by atoms with van der Waals surface area (Å²) in [7, 11) is 0. The Balaban J connectivity index is -0.00000128. The van der Waals surface area contributed by atoms with E-state index in [4.69, 9.17) is 10.8 Å². The molecule has 0 saturated carbocycles. The van der Waals surface area contributed by atoms with Crippen LogP contribution in [-0.2, 0) is 9.59 Å². The average molecular weight is 318 g/mol. The first-order chi connectivity index (χ1) is 8.02. The van der Waals surface area contributed by atoms with Gasteiger partial charge in [-0.2, -0.15) is 0 Å². The van der Waals surface area contributed by atoms with Crippen LogP contribution in [0.4, 0.5) is 0 Å². The van der Waals surface area contributed by atoms with E-state index >= 15 is 0 Å². The van der Waals surface area contributed by atoms with Crippen molar-refractivity contribution in [3.8, 4) is 0 Å². The van der Waals surface area contributed by atoms with E-state index in [9.17, 15) is 9.59 Å². The minimum atomic E-state index is -1.03. The Bertz CT molecular complexity index is 255. The Morgan fingerprint density at radius 1 is 1.26 bits per heavy atom. The van der Waals surface area contributed by atoms with Gasteiger partial charge in [0.05, 0.1) is 6.04 Å². The number of carbonyl (C=O) groups excluding carboxylic acids is 1. The predicted molar refractivity (Wildman–Crippen MR) is 80.1 cm³/mol. The van der Waals surface area contributed by atoms with Gasteiger partial charge in [0, 0.05) is 0 Å². The van der Waals surface area contributed by atoms with Crippen LogP contribution in [0.1, 0.15) is 33.1 Å². The summed E-state index contributed by atoms with van der Waals surface area (Å²) in [5, 5.41) is 14.2. The summed E-state index contributed by atoms with van der Waals surface area (Å²) in [6.45, 7) is 4.63. The molecule has 0 aliphatic rings. The number of hydrogen-bond donors (Lipinski definition) is 4. The molecule has 0 spiro atoms. The van der Waals surface area contributed by atoms with Crippen LogP contribution in [0.2, 0.25) is 0 Å². The molecule has 0 aliphatic heterocycles. The minimum absolute atomic E-state index is 0. The van der Waals surface area contributed by atoms with Crippen molar-refractivity contribution in [2.24, 2.45) is 5.73 Å². The monoisotopic (exact) mass is 317 g/mol. The zero-order valence-corrected chi connectivity index (χ0v) is 13.0. The fraction of sp³-hybridized carbons (Fsp3) is 0.818. The number of rotatable bonds is 9. The standard InChI is InChI=1S/C11H23N3O3.2ClH/c1-3-13-9(6-4-5-7-12)10(15)14-8(2)11(16)17;;/h8-9,13H,3-7,12H2,1-2H3,(H,14,15)(H,16,17);2*1H/t8-,9-;;/m0../s1. The van der Waals surface area contributed by atoms with E-state index in [1.807, 2.05) is 6.92 Å². The first kappa shape index (κ1) is 23.5. The number of carboxylic acid groups (broad SMARTS) is 1. The van der Waals surface area contributed by atoms with Gasteiger partial charge in [0.15, 0.2) is 0 Å². The second-order valence-corrected chi connectivity index (χ2v) is 3.96. The van der Waals surface area contributed by atoms with Crippen LogP contribution < -0.4 is 16.4 Å². The van der Waals surface area contributed by atoms with E-state index in [0.29, 0.717) is 19.5 Å². The normalized spacial score (nSPS) is 12.6. The molecule has 0 fully saturated rings. The van der Waals surface area contributed by atoms with Crippen LogP contribution in [0.3, 0.4) is 0 Å². The summed E-state index contributed by atoms with van der Waals surface area (Å²) in [5.41, 5.74) is 5.39. The highest BCUT2D eigenvalue weighted by Crippen LogP contribution is 2.01. The van der Waals surface area contributed by atoms with Crippen molar-refractivity contribution in [1.82, 2.24) is 10.6 Å². The lowest BCUT2D eigenvalue weighted by atomic mass is 10.1. The fourth-order valence-electron chi connectivity index (χ4n) is 1.44. The number of amides is 1. The Kier molecular flexibility index (Phi) is 17.2. The van der Waals surface area contributed by atoms with E-state index in [1.54, 1.807) is 0 Å². The molecule has 0 saturated heterocycles. The molecule has 6 nitrogen and oxygen atoms in total. The maximum atomic E-state index is 11.8. The van der Waals surface area contributed by atoms with E-state index in [-0.39, 0.29) is 36.8 Å². The van der Waals surface area contributed by atoms with Crippen molar-refractivity contribution in [3.63, 3.8) is 0 Å². The van der Waals surface area contributed by atoms with Crippen molar-refractivity contribution >= 4 is 36.7 Å². The van der Waals surface area contributed by atoms with Gasteiger partial charge in [-0.05, 0) is 32.9 Å². The third-order valence-electron chi connectivity index (χ3n) is 2.44. The molecule has 2 atom stereocenters. The summed E-state index contributed by atoms with van der Waals surface area (Å²) in [4.78, 5) is 22.4. The molecule has 0 rings (SSSR count). The number of carbonyl (C=O) groups is 2. The Morgan fingerprint density at radius 2 is 1.84 bits per heavy atom. The van der Waals surface area contributed by atoms with Crippen molar-refractivity contribution in [2.45, 2.75) is 45.2 Å². The molecule has 0 aromatic rings. The first-order valence-electron chi connectivity index (χ1n) is 5.99. The molecule has 0 aromatic heterocycles. The van der Waals surface area contributed by atoms with Crippen LogP contribution in [0, 0.1) is 0 Å². The number of nitrogens with two attached hydrogens (primary N) is 1. The number of carboxylic acids is 1. The average Bonchev–Trinajstić information content (AvgIpc) is 2.27. The zero-order valence-electron chi connectivity index (χ0n) is 11.3. The largest absolute Gasteiger partial charge is 0.480 e. The highest BCUT2D eigenvalue weighted by molar-refractivity contribution is 5.86. The highest BCUT2D eigenvalue weighted by atomic mass is 35.5. The maximum Gasteiger partial charge on any atom is 0.325 e. The zero-order chi connectivity index (χ0) is 13.3. The maximum absolute atomic E-state index is 11.8. The first-order valence-corrected chi connectivity index (χ1v) is 5.99. The van der Waals surface area contributed by atoms with Crippen LogP contribution in [0.25, 0.3) is 0 Å². The molecule has 0 aromatic carbocycles. The van der Waals surface area contributed by atoms with E-state index < -0.39 is 12.0 Å². The number of halogens is 2. The lowest BCUT2D eigenvalue weighted by molar-refractivity contribution is -0.141. The molecule has 1 amide bonds. The Morgan fingerprint density at radius 3 is 2.26 bits per heavy atom. The lowest BCUT2D eigenvalue weighted by Gasteiger charge is -2.19. The number of likely N-dealkylation sites (N-methyl/N-ethyl adjacent to an activating group) is 1. The van der Waals surface area contributed by atoms with Crippen molar-refractivity contribution in [3.05, 3.63) is 0 Å². The van der Waals surface area contributed by atoms with Gasteiger partial charge in [-0.3, -0.25) is 9.59 Å². The molecule has 0 radical (unpaired) electrons. The summed E-state index contributed by atoms with van der Waals surface area (Å²) >= 11 is 0. The van der Waals surface area contributed by atoms with E-state index in [1.165, 1.54) is 6.92 Å². The third-order valence-corrected chi connectivity index (χ3v) is 2.44. The number of nitrogens with one attached hydrogen (secondary N) is 2. The summed E-state index contributed by atoms with van der Waals surface area (Å²) in [6.07, 6.45) is 2.38. The molecule has 5 N–H and O–H groups in total. The number of unbranched alkanes of at least 4 members (excludes halogenated alkanes) is 1. The molecule has 0 unspecified atom stereocenters. The van der Waals surface area contributed by atoms with Crippen LogP contribution >= 0.6 is 24.8 Å². The molecule has 0 heterocycles. The molecule has 0 bridgehead atoms. The smallest absolute Gasteiger partial charge is 0.325 e. The summed E-state index contributed by atoms with van der Waals surface area (Å²) in [5.74, 6) is -1.30. The van der Waals surface area contributed by atoms with Crippen molar-refractivity contribution < 1.29 is 14.7 Å². The van der Waals surface area contributed by atoms with Gasteiger partial charge in [-0.1, -0.05) is 13.3 Å². The quantitative estimate of drug-likeness (QED) is 0.464. The predicted octanol–water partition coefficient (Wildman–Crippen LogP) is 0.526. The number of aliphatic carboxylic acids is 1. The van der Waals surface area contributed by atoms with Gasteiger partial charge in [-0.15, -0.1) is 24.8 Å². The van der Waals surface area contributed by atoms with Gasteiger partial charge < -0.3 is 21.5 Å². The Hall–Kier alpha value is -0.560. The second kappa shape index (κ2) is 13.9. The van der Waals surface area contributed by atoms with Gasteiger partial charge in [0.25, 0.3) is 0 Å². The van der Waals surface area contributed by atoms with Gasteiger partial charge in [0.1, 0.15) is 6.04 Å². The topological polar surface area (TPSA) is 104 Å². The Labute approximate surface area is 126 Å². The third kappa shape index (κ3) is 11.0. The lowest BCUT2D eigenvalue weighted by Crippen LogP contribution is -2.49. The molecular formula is C11H25Cl2N3O3. The second-order valence-electron chi connectivity index (χ2n) is 3.96. The van der Waals surface area contributed by atoms with Gasteiger partial charge in [-0.25, -0.2) is 0 Å². The fourth-order valence-corrected chi connectivity index (χ4v) is 1.44. The summed E-state index contributed by atoms with van der Waals surface area (Å²) < 4.78 is 0. The van der Waals surface area contributed by atoms with Crippen LogP contribution in [0.5, 0.6) is 0 Å². The van der Waals surface area contributed by atoms with Gasteiger partial charge in [0.2, 0.25) is 5.91 Å². The molecule has 0 aliphatic carbocycles. The molecule has 8 heteroatoms. The number of hydrogen-bond acceptors (Lipinski definition) is 4. The van der Waals surface area contributed by atoms with Crippen molar-refractivity contribution in [1.29, 1.82) is 0 Å². The van der Waals surface area contributed by atoms with E-state index in [0.717, 1.165) is 12.8 Å². The molecule has 116 valence electrons. The SMILES string of the molecule is CCN[C@@H](CCCCN)C(=O)N[C@@H](C)C(=O)O.Cl.Cl. The minimum Gasteiger partial charge on any atom is -0.480 e. The highest BCUT2D eigenvalue weighted by Gasteiger charge is 2.21. The summed E-state index contributed by atoms with van der Waals surface area (Å²) in [6, 6.07) is -1.20. The van der Waals surface area contributed by atoms with E-state index in [2.05, 4.69) is 10.6 Å². The van der Waals surface area contributed by atoms with Gasteiger partial charge >= 0.3 is 5.97 Å². The van der Waals surface area contributed by atoms with Crippen molar-refractivity contribution in [2.75, 3.05) is 13.1 Å². The van der Waals surface area contributed by atoms with Crippen LogP contribution in [0.15, 0.2) is 0 Å². The molecule has 19 heavy (non-hydrogen) atoms. The molecular weight excluding hydrogens is 293 g/mol.